The van der Waals surface area contributed by atoms with Gasteiger partial charge in [-0.05, 0) is 44.4 Å². The van der Waals surface area contributed by atoms with Gasteiger partial charge in [0.15, 0.2) is 0 Å². The highest BCUT2D eigenvalue weighted by atomic mass is 16.3. The van der Waals surface area contributed by atoms with Crippen LogP contribution in [-0.2, 0) is 4.79 Å². The second-order valence-corrected chi connectivity index (χ2v) is 7.30. The van der Waals surface area contributed by atoms with Crippen molar-refractivity contribution in [3.63, 3.8) is 0 Å². The van der Waals surface area contributed by atoms with E-state index < -0.39 is 5.60 Å². The number of hydrogen-bond donors (Lipinski definition) is 3. The number of amides is 1. The van der Waals surface area contributed by atoms with Gasteiger partial charge in [-0.1, -0.05) is 32.6 Å². The van der Waals surface area contributed by atoms with Crippen molar-refractivity contribution in [1.29, 1.82) is 0 Å². The van der Waals surface area contributed by atoms with Gasteiger partial charge in [-0.15, -0.1) is 0 Å². The molecule has 2 fully saturated rings. The zero-order valence-corrected chi connectivity index (χ0v) is 13.5. The van der Waals surface area contributed by atoms with Crippen molar-refractivity contribution in [1.82, 2.24) is 5.32 Å². The Labute approximate surface area is 128 Å². The van der Waals surface area contributed by atoms with E-state index in [9.17, 15) is 9.90 Å². The summed E-state index contributed by atoms with van der Waals surface area (Å²) in [4.78, 5) is 12.6. The first-order chi connectivity index (χ1) is 10.0. The third-order valence-electron chi connectivity index (χ3n) is 5.87. The molecule has 2 aliphatic rings. The van der Waals surface area contributed by atoms with E-state index in [-0.39, 0.29) is 11.3 Å². The van der Waals surface area contributed by atoms with Crippen molar-refractivity contribution in [3.8, 4) is 0 Å². The van der Waals surface area contributed by atoms with E-state index in [0.717, 1.165) is 57.3 Å². The Morgan fingerprint density at radius 3 is 2.33 bits per heavy atom. The van der Waals surface area contributed by atoms with Gasteiger partial charge in [-0.2, -0.15) is 0 Å². The van der Waals surface area contributed by atoms with E-state index in [1.54, 1.807) is 0 Å². The first-order valence-corrected chi connectivity index (χ1v) is 8.74. The molecule has 0 atom stereocenters. The minimum atomic E-state index is -0.703. The molecule has 4 nitrogen and oxygen atoms in total. The summed E-state index contributed by atoms with van der Waals surface area (Å²) in [6.07, 6.45) is 10.1. The molecule has 0 aromatic carbocycles. The largest absolute Gasteiger partial charge is 0.388 e. The zero-order valence-electron chi connectivity index (χ0n) is 13.5. The fourth-order valence-electron chi connectivity index (χ4n) is 3.98. The maximum atomic E-state index is 12.6. The minimum absolute atomic E-state index is 0.0655. The van der Waals surface area contributed by atoms with Crippen LogP contribution in [0.2, 0.25) is 0 Å². The summed E-state index contributed by atoms with van der Waals surface area (Å²) in [5.74, 6) is 0.811. The van der Waals surface area contributed by atoms with Crippen molar-refractivity contribution in [2.24, 2.45) is 17.1 Å². The molecule has 0 saturated heterocycles. The molecule has 2 saturated carbocycles. The summed E-state index contributed by atoms with van der Waals surface area (Å²) in [6.45, 7) is 3.03. The number of carbonyl (C=O) groups excluding carboxylic acids is 1. The summed E-state index contributed by atoms with van der Waals surface area (Å²) >= 11 is 0. The molecule has 0 spiro atoms. The van der Waals surface area contributed by atoms with Gasteiger partial charge >= 0.3 is 0 Å². The summed E-state index contributed by atoms with van der Waals surface area (Å²) < 4.78 is 0. The number of rotatable bonds is 5. The predicted molar refractivity (Wildman–Crippen MR) is 84.8 cm³/mol. The van der Waals surface area contributed by atoms with Crippen LogP contribution in [0.15, 0.2) is 0 Å². The van der Waals surface area contributed by atoms with E-state index >= 15 is 0 Å². The maximum absolute atomic E-state index is 12.6. The van der Waals surface area contributed by atoms with Gasteiger partial charge in [0.25, 0.3) is 0 Å². The molecule has 0 heterocycles. The van der Waals surface area contributed by atoms with Crippen molar-refractivity contribution >= 4 is 5.91 Å². The molecule has 2 rings (SSSR count). The fraction of sp³-hybridized carbons (Fsp3) is 0.941. The summed E-state index contributed by atoms with van der Waals surface area (Å²) in [6, 6.07) is 0. The Balaban J connectivity index is 1.85. The van der Waals surface area contributed by atoms with E-state index in [1.807, 2.05) is 0 Å². The second-order valence-electron chi connectivity index (χ2n) is 7.30. The van der Waals surface area contributed by atoms with E-state index in [1.165, 1.54) is 12.8 Å². The van der Waals surface area contributed by atoms with Crippen molar-refractivity contribution in [2.75, 3.05) is 13.1 Å². The molecular formula is C17H32N2O2. The summed E-state index contributed by atoms with van der Waals surface area (Å²) in [5, 5.41) is 13.7. The first-order valence-electron chi connectivity index (χ1n) is 8.74. The molecule has 122 valence electrons. The van der Waals surface area contributed by atoms with Gasteiger partial charge < -0.3 is 16.2 Å². The van der Waals surface area contributed by atoms with Crippen molar-refractivity contribution < 1.29 is 9.90 Å². The Morgan fingerprint density at radius 1 is 1.19 bits per heavy atom. The van der Waals surface area contributed by atoms with Gasteiger partial charge in [-0.25, -0.2) is 0 Å². The van der Waals surface area contributed by atoms with Crippen molar-refractivity contribution in [2.45, 2.75) is 76.7 Å². The molecule has 0 radical (unpaired) electrons. The van der Waals surface area contributed by atoms with Gasteiger partial charge in [0.1, 0.15) is 0 Å². The van der Waals surface area contributed by atoms with Gasteiger partial charge in [-0.3, -0.25) is 4.79 Å². The molecule has 0 aromatic heterocycles. The number of hydrogen-bond acceptors (Lipinski definition) is 3. The molecule has 0 aromatic rings. The van der Waals surface area contributed by atoms with Crippen LogP contribution >= 0.6 is 0 Å². The van der Waals surface area contributed by atoms with Crippen LogP contribution in [0.5, 0.6) is 0 Å². The predicted octanol–water partition coefficient (Wildman–Crippen LogP) is 2.34. The molecule has 2 aliphatic carbocycles. The van der Waals surface area contributed by atoms with Gasteiger partial charge in [0.05, 0.1) is 11.0 Å². The smallest absolute Gasteiger partial charge is 0.227 e. The average molecular weight is 296 g/mol. The van der Waals surface area contributed by atoms with E-state index in [4.69, 9.17) is 5.73 Å². The second kappa shape index (κ2) is 7.10. The maximum Gasteiger partial charge on any atom is 0.227 e. The van der Waals surface area contributed by atoms with Gasteiger partial charge in [0, 0.05) is 13.1 Å². The number of nitrogens with two attached hydrogens (primary N) is 1. The summed E-state index contributed by atoms with van der Waals surface area (Å²) in [7, 11) is 0. The Kier molecular flexibility index (Phi) is 5.67. The topological polar surface area (TPSA) is 75.3 Å². The van der Waals surface area contributed by atoms with Gasteiger partial charge in [0.2, 0.25) is 5.91 Å². The number of nitrogens with one attached hydrogen (secondary N) is 1. The van der Waals surface area contributed by atoms with Crippen LogP contribution in [0.25, 0.3) is 0 Å². The monoisotopic (exact) mass is 296 g/mol. The molecule has 4 heteroatoms. The molecule has 4 N–H and O–H groups in total. The number of carbonyl (C=O) groups is 1. The fourth-order valence-corrected chi connectivity index (χ4v) is 3.98. The number of aliphatic hydroxyl groups is 1. The Hall–Kier alpha value is -0.610. The van der Waals surface area contributed by atoms with E-state index in [2.05, 4.69) is 12.2 Å². The lowest BCUT2D eigenvalue weighted by Crippen LogP contribution is -2.52. The van der Waals surface area contributed by atoms with Crippen LogP contribution in [0, 0.1) is 11.3 Å². The van der Waals surface area contributed by atoms with Crippen LogP contribution < -0.4 is 11.1 Å². The lowest BCUT2D eigenvalue weighted by Gasteiger charge is -2.38. The molecule has 0 bridgehead atoms. The summed E-state index contributed by atoms with van der Waals surface area (Å²) in [5.41, 5.74) is 4.81. The highest BCUT2D eigenvalue weighted by Gasteiger charge is 2.40. The SMILES string of the molecule is CCC1CCC(O)(CNC(=O)C2(CN)CCCCC2)CC1. The Bertz CT molecular complexity index is 343. The quantitative estimate of drug-likeness (QED) is 0.729. The lowest BCUT2D eigenvalue weighted by atomic mass is 9.73. The molecular weight excluding hydrogens is 264 g/mol. The molecule has 0 aliphatic heterocycles. The van der Waals surface area contributed by atoms with Crippen molar-refractivity contribution in [3.05, 3.63) is 0 Å². The minimum Gasteiger partial charge on any atom is -0.388 e. The van der Waals surface area contributed by atoms with Crippen LogP contribution in [-0.4, -0.2) is 29.7 Å². The highest BCUT2D eigenvalue weighted by Crippen LogP contribution is 2.36. The Morgan fingerprint density at radius 2 is 1.81 bits per heavy atom. The average Bonchev–Trinajstić information content (AvgIpc) is 2.54. The first kappa shape index (κ1) is 16.8. The molecule has 0 unspecified atom stereocenters. The standard InChI is InChI=1S/C17H32N2O2/c1-2-14-6-10-17(21,11-7-14)13-19-15(20)16(12-18)8-4-3-5-9-16/h14,21H,2-13,18H2,1H3,(H,19,20). The third-order valence-corrected chi connectivity index (χ3v) is 5.87. The highest BCUT2D eigenvalue weighted by molar-refractivity contribution is 5.83. The molecule has 1 amide bonds. The van der Waals surface area contributed by atoms with E-state index in [0.29, 0.717) is 13.1 Å². The van der Waals surface area contributed by atoms with Crippen LogP contribution in [0.1, 0.15) is 71.1 Å². The normalized spacial score (nSPS) is 32.6. The third kappa shape index (κ3) is 3.98. The molecule has 21 heavy (non-hydrogen) atoms. The zero-order chi connectivity index (χ0) is 15.3. The van der Waals surface area contributed by atoms with Crippen LogP contribution in [0.3, 0.4) is 0 Å². The lowest BCUT2D eigenvalue weighted by molar-refractivity contribution is -0.134. The van der Waals surface area contributed by atoms with Crippen LogP contribution in [0.4, 0.5) is 0 Å².